The Morgan fingerprint density at radius 2 is 1.22 bits per heavy atom. The van der Waals surface area contributed by atoms with Crippen molar-refractivity contribution in [3.63, 3.8) is 0 Å². The third-order valence-electron chi connectivity index (χ3n) is 5.44. The minimum atomic E-state index is 0.698. The third kappa shape index (κ3) is 3.97. The van der Waals surface area contributed by atoms with Crippen LogP contribution in [-0.2, 0) is 0 Å². The summed E-state index contributed by atoms with van der Waals surface area (Å²) in [4.78, 5) is 0. The van der Waals surface area contributed by atoms with E-state index >= 15 is 0 Å². The van der Waals surface area contributed by atoms with Crippen molar-refractivity contribution in [1.29, 1.82) is 0 Å². The predicted molar refractivity (Wildman–Crippen MR) is 142 cm³/mol. The van der Waals surface area contributed by atoms with Gasteiger partial charge in [-0.1, -0.05) is 100 Å². The van der Waals surface area contributed by atoms with Crippen LogP contribution in [0, 0.1) is 0 Å². The van der Waals surface area contributed by atoms with Crippen molar-refractivity contribution < 1.29 is 0 Å². The molecule has 0 saturated heterocycles. The van der Waals surface area contributed by atoms with Crippen LogP contribution in [0.1, 0.15) is 0 Å². The van der Waals surface area contributed by atoms with Gasteiger partial charge in [0.25, 0.3) is 0 Å². The number of hydrogen-bond acceptors (Lipinski definition) is 0. The molecule has 0 aliphatic heterocycles. The summed E-state index contributed by atoms with van der Waals surface area (Å²) >= 11 is 13.7. The molecule has 1 nitrogen and oxygen atoms in total. The van der Waals surface area contributed by atoms with Gasteiger partial charge in [0.15, 0.2) is 0 Å². The Labute approximate surface area is 209 Å². The fraction of sp³-hybridized carbons (Fsp3) is 0. The molecule has 0 radical (unpaired) electrons. The van der Waals surface area contributed by atoms with E-state index in [1.165, 1.54) is 0 Å². The standard InChI is InChI=1S/C28H18Br2ClN/c29-24-14-8-7-13-22(24)27-18-23(20-15-16-26(31)25(30)17-20)28(19-9-3-1-4-10-19)32(27)21-11-5-2-6-12-21/h1-18H. The molecule has 1 heterocycles. The van der Waals surface area contributed by atoms with Gasteiger partial charge in [0.1, 0.15) is 0 Å². The maximum Gasteiger partial charge on any atom is 0.0613 e. The average molecular weight is 564 g/mol. The molecule has 0 spiro atoms. The van der Waals surface area contributed by atoms with Crippen molar-refractivity contribution >= 4 is 43.5 Å². The first-order valence-electron chi connectivity index (χ1n) is 10.2. The first-order chi connectivity index (χ1) is 15.6. The highest BCUT2D eigenvalue weighted by molar-refractivity contribution is 9.11. The van der Waals surface area contributed by atoms with E-state index in [0.717, 1.165) is 48.3 Å². The minimum Gasteiger partial charge on any atom is -0.309 e. The lowest BCUT2D eigenvalue weighted by atomic mass is 10.0. The number of halogens is 3. The fourth-order valence-electron chi connectivity index (χ4n) is 3.99. The van der Waals surface area contributed by atoms with Crippen molar-refractivity contribution in [1.82, 2.24) is 4.57 Å². The largest absolute Gasteiger partial charge is 0.309 e. The van der Waals surface area contributed by atoms with Gasteiger partial charge < -0.3 is 4.57 Å². The van der Waals surface area contributed by atoms with Crippen LogP contribution in [0.4, 0.5) is 0 Å². The minimum absolute atomic E-state index is 0.698. The Hall–Kier alpha value is -2.59. The lowest BCUT2D eigenvalue weighted by Crippen LogP contribution is -2.00. The van der Waals surface area contributed by atoms with E-state index < -0.39 is 0 Å². The molecule has 0 bridgehead atoms. The second kappa shape index (κ2) is 9.11. The van der Waals surface area contributed by atoms with Crippen molar-refractivity contribution in [2.24, 2.45) is 0 Å². The maximum atomic E-state index is 6.32. The van der Waals surface area contributed by atoms with Gasteiger partial charge in [-0.15, -0.1) is 0 Å². The Kier molecular flexibility index (Phi) is 6.05. The predicted octanol–water partition coefficient (Wildman–Crippen LogP) is 9.66. The molecule has 0 aliphatic rings. The summed E-state index contributed by atoms with van der Waals surface area (Å²) < 4.78 is 4.27. The van der Waals surface area contributed by atoms with Gasteiger partial charge in [-0.2, -0.15) is 0 Å². The molecule has 0 N–H and O–H groups in total. The molecule has 32 heavy (non-hydrogen) atoms. The normalized spacial score (nSPS) is 11.0. The Bertz CT molecular complexity index is 1390. The smallest absolute Gasteiger partial charge is 0.0613 e. The summed E-state index contributed by atoms with van der Waals surface area (Å²) in [5.74, 6) is 0. The van der Waals surface area contributed by atoms with Crippen LogP contribution in [0.25, 0.3) is 39.3 Å². The summed E-state index contributed by atoms with van der Waals surface area (Å²) in [6.07, 6.45) is 0. The number of para-hydroxylation sites is 1. The van der Waals surface area contributed by atoms with Crippen LogP contribution < -0.4 is 0 Å². The highest BCUT2D eigenvalue weighted by atomic mass is 79.9. The van der Waals surface area contributed by atoms with E-state index in [9.17, 15) is 0 Å². The SMILES string of the molecule is Clc1ccc(-c2cc(-c3ccccc3Br)n(-c3ccccc3)c2-c2ccccc2)cc1Br. The lowest BCUT2D eigenvalue weighted by Gasteiger charge is -2.16. The molecule has 4 heteroatoms. The molecular formula is C28H18Br2ClN. The Morgan fingerprint density at radius 1 is 0.562 bits per heavy atom. The van der Waals surface area contributed by atoms with Gasteiger partial charge in [-0.3, -0.25) is 0 Å². The molecule has 1 aromatic heterocycles. The molecule has 0 amide bonds. The van der Waals surface area contributed by atoms with Gasteiger partial charge in [-0.05, 0) is 63.5 Å². The van der Waals surface area contributed by atoms with Crippen molar-refractivity contribution in [3.8, 4) is 39.3 Å². The number of hydrogen-bond donors (Lipinski definition) is 0. The zero-order chi connectivity index (χ0) is 22.1. The van der Waals surface area contributed by atoms with E-state index in [4.69, 9.17) is 11.6 Å². The molecule has 5 rings (SSSR count). The number of nitrogens with zero attached hydrogens (tertiary/aromatic N) is 1. The summed E-state index contributed by atoms with van der Waals surface area (Å²) in [5, 5.41) is 0.698. The first kappa shape index (κ1) is 21.3. The molecule has 0 unspecified atom stereocenters. The third-order valence-corrected chi connectivity index (χ3v) is 7.35. The molecule has 5 aromatic rings. The van der Waals surface area contributed by atoms with Gasteiger partial charge in [0, 0.05) is 25.8 Å². The molecular weight excluding hydrogens is 546 g/mol. The lowest BCUT2D eigenvalue weighted by molar-refractivity contribution is 1.09. The van der Waals surface area contributed by atoms with Crippen molar-refractivity contribution in [2.45, 2.75) is 0 Å². The monoisotopic (exact) mass is 561 g/mol. The van der Waals surface area contributed by atoms with Crippen LogP contribution >= 0.6 is 43.5 Å². The molecule has 0 fully saturated rings. The van der Waals surface area contributed by atoms with Crippen molar-refractivity contribution in [3.05, 3.63) is 123 Å². The summed E-state index contributed by atoms with van der Waals surface area (Å²) in [5.41, 5.74) is 7.88. The van der Waals surface area contributed by atoms with Crippen molar-refractivity contribution in [2.75, 3.05) is 0 Å². The van der Waals surface area contributed by atoms with Gasteiger partial charge in [0.05, 0.1) is 16.4 Å². The van der Waals surface area contributed by atoms with Crippen LogP contribution in [0.5, 0.6) is 0 Å². The maximum absolute atomic E-state index is 6.32. The molecule has 156 valence electrons. The number of aromatic nitrogens is 1. The Morgan fingerprint density at radius 3 is 1.91 bits per heavy atom. The van der Waals surface area contributed by atoms with E-state index in [1.807, 2.05) is 24.3 Å². The summed E-state index contributed by atoms with van der Waals surface area (Å²) in [6.45, 7) is 0. The van der Waals surface area contributed by atoms with E-state index in [-0.39, 0.29) is 0 Å². The fourth-order valence-corrected chi connectivity index (χ4v) is 4.97. The summed E-state index contributed by atoms with van der Waals surface area (Å²) in [7, 11) is 0. The van der Waals surface area contributed by atoms with Crippen LogP contribution in [0.3, 0.4) is 0 Å². The van der Waals surface area contributed by atoms with Gasteiger partial charge in [-0.25, -0.2) is 0 Å². The molecule has 0 atom stereocenters. The summed E-state index contributed by atoms with van der Waals surface area (Å²) in [6, 6.07) is 37.7. The zero-order valence-corrected chi connectivity index (χ0v) is 20.9. The quantitative estimate of drug-likeness (QED) is 0.205. The van der Waals surface area contributed by atoms with Crippen LogP contribution in [-0.4, -0.2) is 4.57 Å². The topological polar surface area (TPSA) is 4.93 Å². The van der Waals surface area contributed by atoms with Crippen LogP contribution in [0.2, 0.25) is 5.02 Å². The number of rotatable bonds is 4. The zero-order valence-electron chi connectivity index (χ0n) is 17.0. The molecule has 0 aliphatic carbocycles. The average Bonchev–Trinajstić information content (AvgIpc) is 3.22. The first-order valence-corrected chi connectivity index (χ1v) is 12.2. The second-order valence-electron chi connectivity index (χ2n) is 7.44. The van der Waals surface area contributed by atoms with Gasteiger partial charge in [0.2, 0.25) is 0 Å². The second-order valence-corrected chi connectivity index (χ2v) is 9.55. The highest BCUT2D eigenvalue weighted by Gasteiger charge is 2.21. The van der Waals surface area contributed by atoms with E-state index in [1.54, 1.807) is 0 Å². The van der Waals surface area contributed by atoms with Crippen LogP contribution in [0.15, 0.2) is 118 Å². The molecule has 4 aromatic carbocycles. The van der Waals surface area contributed by atoms with E-state index in [0.29, 0.717) is 5.02 Å². The van der Waals surface area contributed by atoms with E-state index in [2.05, 4.69) is 121 Å². The van der Waals surface area contributed by atoms with Gasteiger partial charge >= 0.3 is 0 Å². The Balaban J connectivity index is 1.91. The molecule has 0 saturated carbocycles. The number of benzene rings is 4. The highest BCUT2D eigenvalue weighted by Crippen LogP contribution is 2.43.